The highest BCUT2D eigenvalue weighted by atomic mass is 19.1. The number of nitrogens with zero attached hydrogens (tertiary/aromatic N) is 1. The number of rotatable bonds is 12. The average Bonchev–Trinajstić information content (AvgIpc) is 2.82. The van der Waals surface area contributed by atoms with E-state index in [1.165, 1.54) is 38.6 Å². The molecule has 0 spiro atoms. The van der Waals surface area contributed by atoms with E-state index < -0.39 is 30.5 Å². The van der Waals surface area contributed by atoms with Crippen molar-refractivity contribution >= 4 is 17.8 Å². The van der Waals surface area contributed by atoms with E-state index in [4.69, 9.17) is 18.9 Å². The van der Waals surface area contributed by atoms with Gasteiger partial charge in [0.15, 0.2) is 11.4 Å². The maximum absolute atomic E-state index is 13.6. The van der Waals surface area contributed by atoms with Crippen LogP contribution in [0, 0.1) is 18.7 Å². The highest BCUT2D eigenvalue weighted by Crippen LogP contribution is 2.32. The normalized spacial score (nSPS) is 12.6. The van der Waals surface area contributed by atoms with Gasteiger partial charge >= 0.3 is 11.9 Å². The summed E-state index contributed by atoms with van der Waals surface area (Å²) in [6.45, 7) is 7.25. The molecule has 0 aliphatic heterocycles. The maximum Gasteiger partial charge on any atom is 0.325 e. The first-order chi connectivity index (χ1) is 17.1. The van der Waals surface area contributed by atoms with Gasteiger partial charge in [0.05, 0.1) is 20.1 Å². The number of nitrogens with one attached hydrogen (secondary N) is 1. The summed E-state index contributed by atoms with van der Waals surface area (Å²) in [5, 5.41) is 2.44. The number of carbonyl (C=O) groups excluding carboxylic acids is 3. The van der Waals surface area contributed by atoms with Crippen LogP contribution >= 0.6 is 0 Å². The molecular weight excluding hydrogens is 471 g/mol. The first-order valence-corrected chi connectivity index (χ1v) is 11.5. The fraction of sp³-hybridized carbons (Fsp3) is 0.462. The zero-order chi connectivity index (χ0) is 26.8. The Labute approximate surface area is 210 Å². The topological polar surface area (TPSA) is 113 Å². The third-order valence-corrected chi connectivity index (χ3v) is 5.56. The van der Waals surface area contributed by atoms with Crippen molar-refractivity contribution in [3.63, 3.8) is 0 Å². The van der Waals surface area contributed by atoms with Gasteiger partial charge in [0.25, 0.3) is 5.91 Å². The Morgan fingerprint density at radius 3 is 2.42 bits per heavy atom. The first-order valence-electron chi connectivity index (χ1n) is 11.5. The van der Waals surface area contributed by atoms with Crippen LogP contribution in [0.3, 0.4) is 0 Å². The number of hydrogen-bond donors (Lipinski definition) is 1. The number of carbonyl (C=O) groups is 3. The van der Waals surface area contributed by atoms with Crippen LogP contribution in [0.2, 0.25) is 0 Å². The highest BCUT2D eigenvalue weighted by molar-refractivity contribution is 5.98. The molecule has 1 heterocycles. The van der Waals surface area contributed by atoms with Gasteiger partial charge in [0, 0.05) is 25.3 Å². The van der Waals surface area contributed by atoms with E-state index in [0.29, 0.717) is 0 Å². The van der Waals surface area contributed by atoms with E-state index in [-0.39, 0.29) is 47.9 Å². The summed E-state index contributed by atoms with van der Waals surface area (Å²) in [6.07, 6.45) is 0.745. The van der Waals surface area contributed by atoms with Crippen molar-refractivity contribution in [2.75, 3.05) is 27.4 Å². The molecule has 0 unspecified atom stereocenters. The molecule has 0 fully saturated rings. The van der Waals surface area contributed by atoms with E-state index >= 15 is 0 Å². The van der Waals surface area contributed by atoms with Crippen molar-refractivity contribution in [2.45, 2.75) is 46.1 Å². The summed E-state index contributed by atoms with van der Waals surface area (Å²) in [6, 6.07) is 5.97. The lowest BCUT2D eigenvalue weighted by Gasteiger charge is -2.29. The summed E-state index contributed by atoms with van der Waals surface area (Å²) < 4.78 is 34.5. The number of benzene rings is 1. The number of ether oxygens (including phenoxy) is 4. The summed E-state index contributed by atoms with van der Waals surface area (Å²) in [5.74, 6) is -2.49. The molecule has 0 bridgehead atoms. The molecule has 1 amide bonds. The quantitative estimate of drug-likeness (QED) is 0.437. The third kappa shape index (κ3) is 7.74. The molecule has 1 N–H and O–H groups in total. The van der Waals surface area contributed by atoms with Crippen LogP contribution in [0.25, 0.3) is 0 Å². The fourth-order valence-corrected chi connectivity index (χ4v) is 3.93. The molecule has 10 heteroatoms. The largest absolute Gasteiger partial charge is 0.493 e. The molecule has 0 aliphatic rings. The minimum absolute atomic E-state index is 0.0373. The predicted octanol–water partition coefficient (Wildman–Crippen LogP) is 3.58. The zero-order valence-electron chi connectivity index (χ0n) is 21.4. The standard InChI is InChI=1S/C26H33FN2O7/c1-15(2)23(19-8-7-18(27)13-16(19)3)17(4)35-22(31)14-29-26(32)24-25(20(34-6)9-11-28-24)36-21(30)10-12-33-5/h7-9,11,13,15,17,23H,10,12,14H2,1-6H3,(H,29,32)/t17-,23+/m0/s1. The highest BCUT2D eigenvalue weighted by Gasteiger charge is 2.28. The van der Waals surface area contributed by atoms with Crippen LogP contribution < -0.4 is 14.8 Å². The molecule has 1 aromatic carbocycles. The predicted molar refractivity (Wildman–Crippen MR) is 130 cm³/mol. The Bertz CT molecular complexity index is 1070. The minimum Gasteiger partial charge on any atom is -0.493 e. The molecule has 0 radical (unpaired) electrons. The number of esters is 2. The Hall–Kier alpha value is -3.53. The van der Waals surface area contributed by atoms with Crippen molar-refractivity contribution in [3.05, 3.63) is 53.1 Å². The maximum atomic E-state index is 13.6. The van der Waals surface area contributed by atoms with Crippen molar-refractivity contribution in [2.24, 2.45) is 5.92 Å². The van der Waals surface area contributed by atoms with E-state index in [0.717, 1.165) is 11.1 Å². The third-order valence-electron chi connectivity index (χ3n) is 5.56. The van der Waals surface area contributed by atoms with Gasteiger partial charge in [-0.3, -0.25) is 14.4 Å². The molecule has 0 aliphatic carbocycles. The van der Waals surface area contributed by atoms with Gasteiger partial charge in [-0.25, -0.2) is 9.37 Å². The molecule has 9 nitrogen and oxygen atoms in total. The van der Waals surface area contributed by atoms with Crippen LogP contribution in [0.5, 0.6) is 11.5 Å². The van der Waals surface area contributed by atoms with E-state index in [1.54, 1.807) is 13.0 Å². The molecule has 2 rings (SSSR count). The second-order valence-corrected chi connectivity index (χ2v) is 8.56. The number of methoxy groups -OCH3 is 2. The molecule has 2 atom stereocenters. The lowest BCUT2D eigenvalue weighted by Crippen LogP contribution is -2.35. The van der Waals surface area contributed by atoms with Gasteiger partial charge in [-0.2, -0.15) is 0 Å². The molecule has 2 aromatic rings. The summed E-state index contributed by atoms with van der Waals surface area (Å²) in [7, 11) is 2.80. The molecule has 0 saturated carbocycles. The number of amides is 1. The lowest BCUT2D eigenvalue weighted by atomic mass is 9.82. The van der Waals surface area contributed by atoms with Crippen LogP contribution in [0.15, 0.2) is 30.5 Å². The second kappa shape index (κ2) is 13.5. The van der Waals surface area contributed by atoms with Crippen molar-refractivity contribution < 1.29 is 37.7 Å². The van der Waals surface area contributed by atoms with Crippen LogP contribution in [-0.4, -0.2) is 56.3 Å². The smallest absolute Gasteiger partial charge is 0.325 e. The van der Waals surface area contributed by atoms with Crippen molar-refractivity contribution in [1.82, 2.24) is 10.3 Å². The first kappa shape index (κ1) is 28.7. The molecule has 1 aromatic heterocycles. The number of aryl methyl sites for hydroxylation is 1. The van der Waals surface area contributed by atoms with Gasteiger partial charge in [-0.1, -0.05) is 19.9 Å². The van der Waals surface area contributed by atoms with Crippen LogP contribution in [-0.2, 0) is 19.1 Å². The second-order valence-electron chi connectivity index (χ2n) is 8.56. The Balaban J connectivity index is 2.08. The monoisotopic (exact) mass is 504 g/mol. The molecule has 0 saturated heterocycles. The summed E-state index contributed by atoms with van der Waals surface area (Å²) in [5.41, 5.74) is 1.43. The van der Waals surface area contributed by atoms with Crippen LogP contribution in [0.1, 0.15) is 54.7 Å². The number of halogens is 1. The average molecular weight is 505 g/mol. The summed E-state index contributed by atoms with van der Waals surface area (Å²) >= 11 is 0. The molecule has 196 valence electrons. The Morgan fingerprint density at radius 1 is 1.08 bits per heavy atom. The lowest BCUT2D eigenvalue weighted by molar-refractivity contribution is -0.148. The Morgan fingerprint density at radius 2 is 1.81 bits per heavy atom. The van der Waals surface area contributed by atoms with Crippen molar-refractivity contribution in [1.29, 1.82) is 0 Å². The van der Waals surface area contributed by atoms with Gasteiger partial charge in [-0.15, -0.1) is 0 Å². The van der Waals surface area contributed by atoms with Gasteiger partial charge in [-0.05, 0) is 43.0 Å². The van der Waals surface area contributed by atoms with Crippen molar-refractivity contribution in [3.8, 4) is 11.5 Å². The number of aromatic nitrogens is 1. The van der Waals surface area contributed by atoms with Gasteiger partial charge in [0.1, 0.15) is 18.5 Å². The van der Waals surface area contributed by atoms with Gasteiger partial charge in [0.2, 0.25) is 5.75 Å². The van der Waals surface area contributed by atoms with E-state index in [2.05, 4.69) is 10.3 Å². The minimum atomic E-state index is -0.747. The van der Waals surface area contributed by atoms with Crippen LogP contribution in [0.4, 0.5) is 4.39 Å². The number of pyridine rings is 1. The zero-order valence-corrected chi connectivity index (χ0v) is 21.4. The fourth-order valence-electron chi connectivity index (χ4n) is 3.93. The summed E-state index contributed by atoms with van der Waals surface area (Å²) in [4.78, 5) is 41.4. The van der Waals surface area contributed by atoms with Gasteiger partial charge < -0.3 is 24.3 Å². The van der Waals surface area contributed by atoms with E-state index in [9.17, 15) is 18.8 Å². The number of hydrogen-bond acceptors (Lipinski definition) is 8. The Kier molecular flexibility index (Phi) is 10.8. The molecule has 36 heavy (non-hydrogen) atoms. The molecular formula is C26H33FN2O7. The SMILES string of the molecule is COCCC(=O)Oc1c(OC)ccnc1C(=O)NCC(=O)O[C@@H](C)[C@H](c1ccc(F)cc1C)C(C)C. The van der Waals surface area contributed by atoms with E-state index in [1.807, 2.05) is 20.8 Å².